The zero-order valence-electron chi connectivity index (χ0n) is 7.52. The molecular weight excluding hydrogens is 260 g/mol. The summed E-state index contributed by atoms with van der Waals surface area (Å²) in [6.07, 6.45) is 0.115. The van der Waals surface area contributed by atoms with Crippen molar-refractivity contribution in [3.05, 3.63) is 23.8 Å². The Morgan fingerprint density at radius 2 is 1.75 bits per heavy atom. The smallest absolute Gasteiger partial charge is 0.295 e. The average Bonchev–Trinajstić information content (AvgIpc) is 2.14. The monoisotopic (exact) mass is 265 g/mol. The third-order valence-corrected chi connectivity index (χ3v) is 3.42. The van der Waals surface area contributed by atoms with E-state index in [2.05, 4.69) is 0 Å². The van der Waals surface area contributed by atoms with Crippen LogP contribution in [0.4, 0.5) is 0 Å². The summed E-state index contributed by atoms with van der Waals surface area (Å²) in [7, 11) is -9.62. The topological polar surface area (TPSA) is 129 Å². The minimum absolute atomic E-state index is 0.115. The van der Waals surface area contributed by atoms with E-state index in [1.165, 1.54) is 0 Å². The van der Waals surface area contributed by atoms with Gasteiger partial charge < -0.3 is 4.55 Å². The lowest BCUT2D eigenvalue weighted by molar-refractivity contribution is 0.112. The van der Waals surface area contributed by atoms with Gasteiger partial charge in [-0.25, -0.2) is 8.42 Å². The molecule has 0 aliphatic rings. The quantitative estimate of drug-likeness (QED) is 0.584. The zero-order chi connectivity index (χ0) is 12.6. The number of hydrogen-bond acceptors (Lipinski definition) is 6. The van der Waals surface area contributed by atoms with E-state index in [0.717, 1.165) is 12.1 Å². The SMILES string of the molecule is O=Cc1ccc(S(=O)(=O)[O-])cc1S(=O)(=O)O. The van der Waals surface area contributed by atoms with Crippen LogP contribution in [0.2, 0.25) is 0 Å². The molecule has 1 aromatic carbocycles. The fourth-order valence-corrected chi connectivity index (χ4v) is 2.25. The maximum absolute atomic E-state index is 10.8. The van der Waals surface area contributed by atoms with Gasteiger partial charge in [0.1, 0.15) is 15.0 Å². The Kier molecular flexibility index (Phi) is 3.15. The number of rotatable bonds is 3. The van der Waals surface area contributed by atoms with Crippen LogP contribution in [0.15, 0.2) is 28.0 Å². The Bertz CT molecular complexity index is 627. The summed E-state index contributed by atoms with van der Waals surface area (Å²) in [5.41, 5.74) is -0.435. The third-order valence-electron chi connectivity index (χ3n) is 1.68. The summed E-state index contributed by atoms with van der Waals surface area (Å²) in [4.78, 5) is 8.67. The van der Waals surface area contributed by atoms with E-state index in [-0.39, 0.29) is 6.29 Å². The van der Waals surface area contributed by atoms with Gasteiger partial charge >= 0.3 is 0 Å². The van der Waals surface area contributed by atoms with Gasteiger partial charge in [-0.1, -0.05) is 0 Å². The van der Waals surface area contributed by atoms with E-state index in [1.807, 2.05) is 0 Å². The van der Waals surface area contributed by atoms with Crippen LogP contribution in [0.1, 0.15) is 10.4 Å². The van der Waals surface area contributed by atoms with E-state index in [1.54, 1.807) is 0 Å². The van der Waals surface area contributed by atoms with Crippen molar-refractivity contribution >= 4 is 26.5 Å². The van der Waals surface area contributed by atoms with Crippen molar-refractivity contribution in [2.45, 2.75) is 9.79 Å². The van der Waals surface area contributed by atoms with Crippen LogP contribution in [-0.4, -0.2) is 32.2 Å². The summed E-state index contributed by atoms with van der Waals surface area (Å²) in [6, 6.07) is 2.03. The lowest BCUT2D eigenvalue weighted by Gasteiger charge is -2.08. The molecule has 0 aliphatic heterocycles. The average molecular weight is 265 g/mol. The molecular formula is C7H5O7S2-. The van der Waals surface area contributed by atoms with Crippen molar-refractivity contribution in [3.8, 4) is 0 Å². The molecule has 0 heterocycles. The van der Waals surface area contributed by atoms with Crippen molar-refractivity contribution in [1.82, 2.24) is 0 Å². The molecule has 0 fully saturated rings. The maximum Gasteiger partial charge on any atom is 0.295 e. The fraction of sp³-hybridized carbons (Fsp3) is 0. The van der Waals surface area contributed by atoms with Crippen LogP contribution < -0.4 is 0 Å². The van der Waals surface area contributed by atoms with Crippen LogP contribution in [0.3, 0.4) is 0 Å². The second-order valence-corrected chi connectivity index (χ2v) is 5.52. The molecule has 0 unspecified atom stereocenters. The lowest BCUT2D eigenvalue weighted by Crippen LogP contribution is -2.06. The zero-order valence-corrected chi connectivity index (χ0v) is 9.16. The molecule has 1 rings (SSSR count). The molecule has 0 radical (unpaired) electrons. The van der Waals surface area contributed by atoms with Crippen LogP contribution >= 0.6 is 0 Å². The van der Waals surface area contributed by atoms with Gasteiger partial charge in [-0.05, 0) is 18.2 Å². The predicted octanol–water partition coefficient (Wildman–Crippen LogP) is -0.350. The molecule has 0 saturated carbocycles. The molecule has 0 bridgehead atoms. The second kappa shape index (κ2) is 3.94. The Morgan fingerprint density at radius 1 is 1.19 bits per heavy atom. The number of carbonyl (C=O) groups is 1. The molecule has 0 amide bonds. The molecule has 0 atom stereocenters. The fourth-order valence-electron chi connectivity index (χ4n) is 0.991. The second-order valence-electron chi connectivity index (χ2n) is 2.75. The summed E-state index contributed by atoms with van der Waals surface area (Å²) in [5, 5.41) is 0. The summed E-state index contributed by atoms with van der Waals surface area (Å²) in [6.45, 7) is 0. The standard InChI is InChI=1S/C7H6O7S2/c8-4-5-1-2-6(15(9,10)11)3-7(5)16(12,13)14/h1-4H,(H,9,10,11)(H,12,13,14)/p-1. The number of hydrogen-bond donors (Lipinski definition) is 1. The van der Waals surface area contributed by atoms with Crippen molar-refractivity contribution in [2.24, 2.45) is 0 Å². The van der Waals surface area contributed by atoms with E-state index in [0.29, 0.717) is 6.07 Å². The molecule has 1 aromatic rings. The van der Waals surface area contributed by atoms with Crippen LogP contribution in [-0.2, 0) is 20.2 Å². The van der Waals surface area contributed by atoms with Gasteiger partial charge in [0.05, 0.1) is 4.90 Å². The molecule has 0 aliphatic carbocycles. The number of aldehydes is 1. The van der Waals surface area contributed by atoms with Crippen molar-refractivity contribution < 1.29 is 30.7 Å². The third kappa shape index (κ3) is 2.64. The number of benzene rings is 1. The first-order valence-corrected chi connectivity index (χ1v) is 6.53. The summed E-state index contributed by atoms with van der Waals surface area (Å²) < 4.78 is 62.1. The van der Waals surface area contributed by atoms with Gasteiger partial charge in [-0.3, -0.25) is 9.35 Å². The van der Waals surface area contributed by atoms with Gasteiger partial charge in [0, 0.05) is 5.56 Å². The maximum atomic E-state index is 10.8. The van der Waals surface area contributed by atoms with Gasteiger partial charge in [0.2, 0.25) is 0 Å². The minimum Gasteiger partial charge on any atom is -0.744 e. The van der Waals surface area contributed by atoms with E-state index < -0.39 is 35.6 Å². The highest BCUT2D eigenvalue weighted by molar-refractivity contribution is 7.86. The highest BCUT2D eigenvalue weighted by atomic mass is 32.2. The van der Waals surface area contributed by atoms with Gasteiger partial charge in [-0.15, -0.1) is 0 Å². The molecule has 0 aromatic heterocycles. The van der Waals surface area contributed by atoms with E-state index >= 15 is 0 Å². The molecule has 0 spiro atoms. The molecule has 88 valence electrons. The van der Waals surface area contributed by atoms with Crippen molar-refractivity contribution in [1.29, 1.82) is 0 Å². The summed E-state index contributed by atoms with van der Waals surface area (Å²) in [5.74, 6) is 0. The van der Waals surface area contributed by atoms with Gasteiger partial charge in [-0.2, -0.15) is 8.42 Å². The Labute approximate surface area is 91.2 Å². The molecule has 16 heavy (non-hydrogen) atoms. The van der Waals surface area contributed by atoms with Crippen LogP contribution in [0, 0.1) is 0 Å². The first kappa shape index (κ1) is 12.8. The Balaban J connectivity index is 3.65. The van der Waals surface area contributed by atoms with E-state index in [4.69, 9.17) is 4.55 Å². The molecule has 7 nitrogen and oxygen atoms in total. The van der Waals surface area contributed by atoms with Gasteiger partial charge in [0.25, 0.3) is 10.1 Å². The number of carbonyl (C=O) groups excluding carboxylic acids is 1. The normalized spacial score (nSPS) is 12.4. The van der Waals surface area contributed by atoms with Crippen molar-refractivity contribution in [2.75, 3.05) is 0 Å². The largest absolute Gasteiger partial charge is 0.744 e. The molecule has 1 N–H and O–H groups in total. The predicted molar refractivity (Wildman–Crippen MR) is 49.6 cm³/mol. The van der Waals surface area contributed by atoms with Crippen LogP contribution in [0.25, 0.3) is 0 Å². The molecule has 0 saturated heterocycles. The van der Waals surface area contributed by atoms with Crippen LogP contribution in [0.5, 0.6) is 0 Å². The lowest BCUT2D eigenvalue weighted by atomic mass is 10.2. The summed E-state index contributed by atoms with van der Waals surface area (Å²) >= 11 is 0. The first-order valence-electron chi connectivity index (χ1n) is 3.69. The Hall–Kier alpha value is -1.29. The first-order chi connectivity index (χ1) is 7.16. The Morgan fingerprint density at radius 3 is 2.12 bits per heavy atom. The highest BCUT2D eigenvalue weighted by Gasteiger charge is 2.17. The minimum atomic E-state index is -4.85. The van der Waals surface area contributed by atoms with Gasteiger partial charge in [0.15, 0.2) is 6.29 Å². The molecule has 9 heteroatoms. The van der Waals surface area contributed by atoms with Crippen molar-refractivity contribution in [3.63, 3.8) is 0 Å². The highest BCUT2D eigenvalue weighted by Crippen LogP contribution is 2.19. The van der Waals surface area contributed by atoms with E-state index in [9.17, 15) is 26.2 Å².